The average molecular weight is 598 g/mol. The van der Waals surface area contributed by atoms with Crippen molar-refractivity contribution in [2.45, 2.75) is 69.6 Å². The van der Waals surface area contributed by atoms with E-state index in [0.29, 0.717) is 19.3 Å². The van der Waals surface area contributed by atoms with Gasteiger partial charge in [-0.05, 0) is 97.1 Å². The molecule has 4 rings (SSSR count). The van der Waals surface area contributed by atoms with Gasteiger partial charge in [-0.2, -0.15) is 11.8 Å². The van der Waals surface area contributed by atoms with Gasteiger partial charge in [0.2, 0.25) is 5.91 Å². The number of aliphatic hydroxyl groups is 4. The summed E-state index contributed by atoms with van der Waals surface area (Å²) in [6.07, 6.45) is 7.17. The van der Waals surface area contributed by atoms with E-state index >= 15 is 0 Å². The minimum Gasteiger partial charge on any atom is -0.393 e. The number of nitrogens with zero attached hydrogens (tertiary/aromatic N) is 1. The molecule has 42 heavy (non-hydrogen) atoms. The molecule has 1 heterocycles. The third kappa shape index (κ3) is 9.64. The topological polar surface area (TPSA) is 101 Å². The van der Waals surface area contributed by atoms with Gasteiger partial charge in [-0.25, -0.2) is 4.39 Å². The van der Waals surface area contributed by atoms with E-state index in [-0.39, 0.29) is 24.2 Å². The molecule has 228 valence electrons. The zero-order valence-corrected chi connectivity index (χ0v) is 25.4. The third-order valence-corrected chi connectivity index (χ3v) is 8.40. The van der Waals surface area contributed by atoms with Crippen LogP contribution in [0.5, 0.6) is 0 Å². The van der Waals surface area contributed by atoms with Crippen molar-refractivity contribution in [1.29, 1.82) is 0 Å². The first-order chi connectivity index (χ1) is 20.2. The molecule has 0 saturated carbocycles. The standard InChI is InChI=1S/C25H33NO4S.C9H11FO/c1-31-15-3-2-4-19-7-11-22(12-8-19)26-23(16-24(26)29)21-9-5-20(6-10-21)13-14-25(30,17-27)18-28;1-2-9(11)7-3-5-8(10)6-4-7/h5-12,23,27-28,30H,2-4,13-18H2,1H3;3-6,9,11H,2H2,1H3. The Morgan fingerprint density at radius 1 is 0.929 bits per heavy atom. The van der Waals surface area contributed by atoms with Gasteiger partial charge in [0, 0.05) is 5.69 Å². The van der Waals surface area contributed by atoms with Crippen LogP contribution >= 0.6 is 11.8 Å². The monoisotopic (exact) mass is 597 g/mol. The first-order valence-electron chi connectivity index (χ1n) is 14.6. The number of hydrogen-bond acceptors (Lipinski definition) is 6. The summed E-state index contributed by atoms with van der Waals surface area (Å²) >= 11 is 1.88. The highest BCUT2D eigenvalue weighted by molar-refractivity contribution is 7.98. The van der Waals surface area contributed by atoms with Crippen LogP contribution in [0, 0.1) is 5.82 Å². The number of aliphatic hydroxyl groups excluding tert-OH is 3. The summed E-state index contributed by atoms with van der Waals surface area (Å²) in [5.74, 6) is 1.07. The lowest BCUT2D eigenvalue weighted by Crippen LogP contribution is -2.46. The Morgan fingerprint density at radius 2 is 1.52 bits per heavy atom. The fourth-order valence-electron chi connectivity index (χ4n) is 4.82. The number of carbonyl (C=O) groups is 1. The summed E-state index contributed by atoms with van der Waals surface area (Å²) in [6.45, 7) is 0.961. The first kappa shape index (κ1) is 33.7. The molecule has 4 N–H and O–H groups in total. The van der Waals surface area contributed by atoms with Crippen LogP contribution in [0.2, 0.25) is 0 Å². The second-order valence-corrected chi connectivity index (χ2v) is 11.8. The van der Waals surface area contributed by atoms with Crippen LogP contribution in [0.15, 0.2) is 72.8 Å². The summed E-state index contributed by atoms with van der Waals surface area (Å²) in [6, 6.07) is 22.3. The van der Waals surface area contributed by atoms with Crippen molar-refractivity contribution in [3.63, 3.8) is 0 Å². The molecular weight excluding hydrogens is 553 g/mol. The van der Waals surface area contributed by atoms with Crippen molar-refractivity contribution in [3.05, 3.63) is 101 Å². The molecule has 1 fully saturated rings. The van der Waals surface area contributed by atoms with E-state index in [1.165, 1.54) is 36.3 Å². The second kappa shape index (κ2) is 16.8. The van der Waals surface area contributed by atoms with Gasteiger partial charge in [0.05, 0.1) is 31.8 Å². The summed E-state index contributed by atoms with van der Waals surface area (Å²) in [5, 5.41) is 37.7. The number of rotatable bonds is 14. The maximum Gasteiger partial charge on any atom is 0.230 e. The average Bonchev–Trinajstić information content (AvgIpc) is 3.02. The molecule has 1 aliphatic heterocycles. The predicted octanol–water partition coefficient (Wildman–Crippen LogP) is 5.77. The number of anilines is 1. The van der Waals surface area contributed by atoms with Crippen LogP contribution in [0.1, 0.15) is 73.4 Å². The number of halogens is 1. The molecule has 1 saturated heterocycles. The molecule has 1 amide bonds. The SMILES string of the molecule is CCC(O)c1ccc(F)cc1.CSCCCCc1ccc(N2C(=O)CC2c2ccc(CCC(O)(CO)CO)cc2)cc1. The van der Waals surface area contributed by atoms with E-state index in [4.69, 9.17) is 0 Å². The molecule has 0 aliphatic carbocycles. The second-order valence-electron chi connectivity index (χ2n) is 10.9. The van der Waals surface area contributed by atoms with Gasteiger partial charge in [-0.3, -0.25) is 4.79 Å². The molecule has 6 nitrogen and oxygen atoms in total. The number of aryl methyl sites for hydroxylation is 2. The molecule has 0 spiro atoms. The van der Waals surface area contributed by atoms with Crippen molar-refractivity contribution >= 4 is 23.4 Å². The van der Waals surface area contributed by atoms with Crippen LogP contribution in [0.4, 0.5) is 10.1 Å². The molecule has 2 atom stereocenters. The van der Waals surface area contributed by atoms with Gasteiger partial charge in [-0.1, -0.05) is 55.5 Å². The fourth-order valence-corrected chi connectivity index (χ4v) is 5.31. The number of hydrogen-bond donors (Lipinski definition) is 4. The molecule has 0 bridgehead atoms. The van der Waals surface area contributed by atoms with E-state index in [1.807, 2.05) is 60.0 Å². The normalized spacial score (nSPS) is 15.5. The van der Waals surface area contributed by atoms with Crippen LogP contribution in [-0.2, 0) is 17.6 Å². The highest BCUT2D eigenvalue weighted by atomic mass is 32.2. The van der Waals surface area contributed by atoms with Crippen LogP contribution < -0.4 is 4.90 Å². The Bertz CT molecular complexity index is 1220. The van der Waals surface area contributed by atoms with E-state index in [9.17, 15) is 29.6 Å². The minimum absolute atomic E-state index is 0.0424. The van der Waals surface area contributed by atoms with Crippen molar-refractivity contribution < 1.29 is 29.6 Å². The van der Waals surface area contributed by atoms with E-state index in [1.54, 1.807) is 12.1 Å². The maximum atomic E-state index is 12.4. The number of thioether (sulfide) groups is 1. The summed E-state index contributed by atoms with van der Waals surface area (Å²) in [7, 11) is 0. The molecule has 3 aromatic rings. The molecule has 3 aromatic carbocycles. The maximum absolute atomic E-state index is 12.4. The van der Waals surface area contributed by atoms with Crippen molar-refractivity contribution in [1.82, 2.24) is 0 Å². The smallest absolute Gasteiger partial charge is 0.230 e. The Kier molecular flexibility index (Phi) is 13.5. The molecule has 0 aromatic heterocycles. The lowest BCUT2D eigenvalue weighted by molar-refractivity contribution is -0.124. The van der Waals surface area contributed by atoms with Gasteiger partial charge in [0.1, 0.15) is 11.4 Å². The highest BCUT2D eigenvalue weighted by Gasteiger charge is 2.38. The molecule has 8 heteroatoms. The summed E-state index contributed by atoms with van der Waals surface area (Å²) in [4.78, 5) is 14.2. The van der Waals surface area contributed by atoms with Gasteiger partial charge >= 0.3 is 0 Å². The van der Waals surface area contributed by atoms with Crippen LogP contribution in [-0.4, -0.2) is 57.2 Å². The number of amides is 1. The Balaban J connectivity index is 0.000000369. The van der Waals surface area contributed by atoms with E-state index in [2.05, 4.69) is 18.4 Å². The first-order valence-corrected chi connectivity index (χ1v) is 16.0. The lowest BCUT2D eigenvalue weighted by atomic mass is 9.91. The number of β-lactam (4-membered cyclic amide) rings is 1. The highest BCUT2D eigenvalue weighted by Crippen LogP contribution is 2.39. The van der Waals surface area contributed by atoms with Crippen molar-refractivity contribution in [3.8, 4) is 0 Å². The van der Waals surface area contributed by atoms with Gasteiger partial charge in [0.15, 0.2) is 0 Å². The molecule has 0 radical (unpaired) electrons. The van der Waals surface area contributed by atoms with E-state index < -0.39 is 24.9 Å². The Hall–Kier alpha value is -2.75. The molecule has 1 aliphatic rings. The van der Waals surface area contributed by atoms with E-state index in [0.717, 1.165) is 28.8 Å². The number of carbonyl (C=O) groups excluding carboxylic acids is 1. The van der Waals surface area contributed by atoms with Gasteiger partial charge in [-0.15, -0.1) is 0 Å². The lowest BCUT2D eigenvalue weighted by Gasteiger charge is -2.41. The van der Waals surface area contributed by atoms with Gasteiger partial charge < -0.3 is 25.3 Å². The third-order valence-electron chi connectivity index (χ3n) is 7.70. The molecule has 2 unspecified atom stereocenters. The zero-order valence-electron chi connectivity index (χ0n) is 24.6. The predicted molar refractivity (Wildman–Crippen MR) is 168 cm³/mol. The van der Waals surface area contributed by atoms with Gasteiger partial charge in [0.25, 0.3) is 0 Å². The zero-order chi connectivity index (χ0) is 30.5. The quantitative estimate of drug-likeness (QED) is 0.139. The summed E-state index contributed by atoms with van der Waals surface area (Å²) < 4.78 is 12.4. The minimum atomic E-state index is -1.45. The van der Waals surface area contributed by atoms with Crippen LogP contribution in [0.25, 0.3) is 0 Å². The Morgan fingerprint density at radius 3 is 2.07 bits per heavy atom. The van der Waals surface area contributed by atoms with Crippen molar-refractivity contribution in [2.24, 2.45) is 0 Å². The van der Waals surface area contributed by atoms with Crippen LogP contribution in [0.3, 0.4) is 0 Å². The van der Waals surface area contributed by atoms with Crippen molar-refractivity contribution in [2.75, 3.05) is 30.1 Å². The largest absolute Gasteiger partial charge is 0.393 e. The number of unbranched alkanes of at least 4 members (excludes halogenated alkanes) is 1. The molecular formula is C34H44FNO5S. The Labute approximate surface area is 253 Å². The number of benzene rings is 3. The fraction of sp³-hybridized carbons (Fsp3) is 0.441. The summed E-state index contributed by atoms with van der Waals surface area (Å²) in [5.41, 5.74) is 3.68.